The quantitative estimate of drug-likeness (QED) is 0.692. The fourth-order valence-corrected chi connectivity index (χ4v) is 1.43. The maximum atomic E-state index is 11.6. The van der Waals surface area contributed by atoms with Crippen LogP contribution in [0.3, 0.4) is 0 Å². The number of carbonyl (C=O) groups is 1. The summed E-state index contributed by atoms with van der Waals surface area (Å²) in [5.41, 5.74) is 0.696. The molecule has 0 unspecified atom stereocenters. The van der Waals surface area contributed by atoms with Crippen molar-refractivity contribution in [3.8, 4) is 0 Å². The van der Waals surface area contributed by atoms with Gasteiger partial charge < -0.3 is 10.6 Å². The summed E-state index contributed by atoms with van der Waals surface area (Å²) >= 11 is 0. The van der Waals surface area contributed by atoms with E-state index in [2.05, 4.69) is 20.8 Å². The minimum atomic E-state index is -0.223. The van der Waals surface area contributed by atoms with Gasteiger partial charge in [0.05, 0.1) is 11.9 Å². The number of nitrogens with one attached hydrogen (secondary N) is 2. The van der Waals surface area contributed by atoms with Crippen molar-refractivity contribution in [3.63, 3.8) is 0 Å². The van der Waals surface area contributed by atoms with Gasteiger partial charge in [0.25, 0.3) is 0 Å². The Labute approximate surface area is 81.9 Å². The Bertz CT molecular complexity index is 364. The first-order chi connectivity index (χ1) is 6.68. The van der Waals surface area contributed by atoms with Gasteiger partial charge in [-0.05, 0) is 12.0 Å². The van der Waals surface area contributed by atoms with Crippen molar-refractivity contribution in [3.05, 3.63) is 12.3 Å². The highest BCUT2D eigenvalue weighted by Crippen LogP contribution is 2.24. The van der Waals surface area contributed by atoms with Gasteiger partial charge in [-0.15, -0.1) is 5.10 Å². The van der Waals surface area contributed by atoms with Crippen molar-refractivity contribution in [2.45, 2.75) is 19.9 Å². The lowest BCUT2D eigenvalue weighted by molar-refractivity contribution is -0.117. The third kappa shape index (κ3) is 1.41. The maximum absolute atomic E-state index is 11.6. The molecule has 2 heterocycles. The van der Waals surface area contributed by atoms with Gasteiger partial charge in [-0.1, -0.05) is 13.8 Å². The molecule has 0 spiro atoms. The molecule has 0 saturated carbocycles. The largest absolute Gasteiger partial charge is 0.355 e. The fourth-order valence-electron chi connectivity index (χ4n) is 1.43. The van der Waals surface area contributed by atoms with Gasteiger partial charge in [0.15, 0.2) is 5.82 Å². The molecule has 5 heteroatoms. The Hall–Kier alpha value is -1.65. The van der Waals surface area contributed by atoms with Crippen LogP contribution in [0.4, 0.5) is 11.5 Å². The van der Waals surface area contributed by atoms with Gasteiger partial charge in [-0.25, -0.2) is 0 Å². The van der Waals surface area contributed by atoms with Gasteiger partial charge >= 0.3 is 0 Å². The molecule has 1 atom stereocenters. The minimum absolute atomic E-state index is 0.0134. The molecule has 1 aromatic heterocycles. The standard InChI is InChI=1S/C9H12N4O/c1-5(2)7-9(14)11-6-3-4-10-13-8(6)12-7/h3-5,7H,1-2H3,(H,11,14)(H,12,13)/t7-/m0/s1. The van der Waals surface area contributed by atoms with Gasteiger partial charge in [-0.3, -0.25) is 4.79 Å². The Kier molecular flexibility index (Phi) is 2.07. The third-order valence-corrected chi connectivity index (χ3v) is 2.22. The Morgan fingerprint density at radius 1 is 1.50 bits per heavy atom. The number of anilines is 2. The predicted molar refractivity (Wildman–Crippen MR) is 52.9 cm³/mol. The summed E-state index contributed by atoms with van der Waals surface area (Å²) in [5.74, 6) is 0.858. The number of fused-ring (bicyclic) bond motifs is 1. The molecule has 5 nitrogen and oxygen atoms in total. The van der Waals surface area contributed by atoms with E-state index in [9.17, 15) is 4.79 Å². The lowest BCUT2D eigenvalue weighted by atomic mass is 10.0. The lowest BCUT2D eigenvalue weighted by Gasteiger charge is -2.27. The number of nitrogens with zero attached hydrogens (tertiary/aromatic N) is 2. The van der Waals surface area contributed by atoms with Gasteiger partial charge in [0.2, 0.25) is 5.91 Å². The summed E-state index contributed by atoms with van der Waals surface area (Å²) in [6.45, 7) is 3.97. The van der Waals surface area contributed by atoms with E-state index in [1.807, 2.05) is 13.8 Å². The molecule has 14 heavy (non-hydrogen) atoms. The zero-order valence-electron chi connectivity index (χ0n) is 8.11. The first-order valence-corrected chi connectivity index (χ1v) is 4.57. The highest BCUT2D eigenvalue weighted by atomic mass is 16.2. The lowest BCUT2D eigenvalue weighted by Crippen LogP contribution is -2.42. The number of aromatic nitrogens is 2. The zero-order chi connectivity index (χ0) is 10.1. The second kappa shape index (κ2) is 3.25. The molecule has 2 N–H and O–H groups in total. The van der Waals surface area contributed by atoms with Crippen molar-refractivity contribution < 1.29 is 4.79 Å². The van der Waals surface area contributed by atoms with Crippen LogP contribution in [-0.2, 0) is 4.79 Å². The van der Waals surface area contributed by atoms with Crippen molar-refractivity contribution in [2.75, 3.05) is 10.6 Å². The van der Waals surface area contributed by atoms with Crippen LogP contribution in [0.5, 0.6) is 0 Å². The number of carbonyl (C=O) groups excluding carboxylic acids is 1. The van der Waals surface area contributed by atoms with Gasteiger partial charge in [-0.2, -0.15) is 5.10 Å². The van der Waals surface area contributed by atoms with Gasteiger partial charge in [0.1, 0.15) is 6.04 Å². The highest BCUT2D eigenvalue weighted by molar-refractivity contribution is 6.02. The average Bonchev–Trinajstić information content (AvgIpc) is 2.16. The van der Waals surface area contributed by atoms with Crippen LogP contribution >= 0.6 is 0 Å². The molecule has 1 aliphatic heterocycles. The monoisotopic (exact) mass is 192 g/mol. The molecular weight excluding hydrogens is 180 g/mol. The molecule has 1 amide bonds. The Morgan fingerprint density at radius 3 is 3.00 bits per heavy atom. The second-order valence-electron chi connectivity index (χ2n) is 3.65. The van der Waals surface area contributed by atoms with Crippen molar-refractivity contribution in [1.29, 1.82) is 0 Å². The van der Waals surface area contributed by atoms with E-state index in [4.69, 9.17) is 0 Å². The smallest absolute Gasteiger partial charge is 0.247 e. The molecule has 2 rings (SSSR count). The van der Waals surface area contributed by atoms with Crippen molar-refractivity contribution >= 4 is 17.4 Å². The van der Waals surface area contributed by atoms with E-state index in [0.29, 0.717) is 11.5 Å². The molecule has 0 aliphatic carbocycles. The van der Waals surface area contributed by atoms with E-state index >= 15 is 0 Å². The van der Waals surface area contributed by atoms with Crippen LogP contribution in [-0.4, -0.2) is 22.1 Å². The van der Waals surface area contributed by atoms with Crippen LogP contribution in [0.1, 0.15) is 13.8 Å². The molecule has 0 saturated heterocycles. The number of hydrogen-bond donors (Lipinski definition) is 2. The molecule has 0 radical (unpaired) electrons. The summed E-state index contributed by atoms with van der Waals surface area (Å²) in [7, 11) is 0. The SMILES string of the molecule is CC(C)[C@@H]1Nc2nnccc2NC1=O. The molecule has 74 valence electrons. The number of amides is 1. The molecule has 1 aliphatic rings. The fraction of sp³-hybridized carbons (Fsp3) is 0.444. The van der Waals surface area contributed by atoms with E-state index in [-0.39, 0.29) is 17.9 Å². The van der Waals surface area contributed by atoms with Crippen molar-refractivity contribution in [2.24, 2.45) is 5.92 Å². The Balaban J connectivity index is 2.31. The topological polar surface area (TPSA) is 66.9 Å². The van der Waals surface area contributed by atoms with Crippen LogP contribution in [0, 0.1) is 5.92 Å². The Morgan fingerprint density at radius 2 is 2.29 bits per heavy atom. The molecule has 0 fully saturated rings. The summed E-state index contributed by atoms with van der Waals surface area (Å²) in [5, 5.41) is 13.5. The maximum Gasteiger partial charge on any atom is 0.247 e. The molecular formula is C9H12N4O. The van der Waals surface area contributed by atoms with E-state index in [1.54, 1.807) is 12.3 Å². The predicted octanol–water partition coefficient (Wildman–Crippen LogP) is 0.865. The van der Waals surface area contributed by atoms with Crippen molar-refractivity contribution in [1.82, 2.24) is 10.2 Å². The molecule has 1 aromatic rings. The van der Waals surface area contributed by atoms with Crippen LogP contribution in [0.15, 0.2) is 12.3 Å². The van der Waals surface area contributed by atoms with E-state index < -0.39 is 0 Å². The van der Waals surface area contributed by atoms with E-state index in [0.717, 1.165) is 0 Å². The van der Waals surface area contributed by atoms with Crippen LogP contribution in [0.2, 0.25) is 0 Å². The second-order valence-corrected chi connectivity index (χ2v) is 3.65. The molecule has 0 bridgehead atoms. The minimum Gasteiger partial charge on any atom is -0.355 e. The zero-order valence-corrected chi connectivity index (χ0v) is 8.11. The number of hydrogen-bond acceptors (Lipinski definition) is 4. The van der Waals surface area contributed by atoms with E-state index in [1.165, 1.54) is 0 Å². The average molecular weight is 192 g/mol. The first-order valence-electron chi connectivity index (χ1n) is 4.57. The summed E-state index contributed by atoms with van der Waals surface area (Å²) in [6, 6.07) is 1.50. The number of rotatable bonds is 1. The molecule has 0 aromatic carbocycles. The van der Waals surface area contributed by atoms with Gasteiger partial charge in [0, 0.05) is 0 Å². The highest BCUT2D eigenvalue weighted by Gasteiger charge is 2.28. The first kappa shape index (κ1) is 8.93. The summed E-state index contributed by atoms with van der Waals surface area (Å²) in [4.78, 5) is 11.6. The third-order valence-electron chi connectivity index (χ3n) is 2.22. The summed E-state index contributed by atoms with van der Waals surface area (Å²) in [6.07, 6.45) is 1.55. The van der Waals surface area contributed by atoms with Crippen LogP contribution in [0.25, 0.3) is 0 Å². The van der Waals surface area contributed by atoms with Crippen LogP contribution < -0.4 is 10.6 Å². The normalized spacial score (nSPS) is 19.9. The summed E-state index contributed by atoms with van der Waals surface area (Å²) < 4.78 is 0.